The number of nitrogens with one attached hydrogen (secondary N) is 1. The van der Waals surface area contributed by atoms with E-state index in [1.165, 1.54) is 18.2 Å². The molecule has 0 aliphatic rings. The van der Waals surface area contributed by atoms with Gasteiger partial charge in [-0.3, -0.25) is 4.68 Å². The Balaban J connectivity index is 2.30. The van der Waals surface area contributed by atoms with E-state index in [9.17, 15) is 8.78 Å². The molecule has 0 saturated heterocycles. The summed E-state index contributed by atoms with van der Waals surface area (Å²) in [5.41, 5.74) is 3.06. The van der Waals surface area contributed by atoms with E-state index in [0.29, 0.717) is 0 Å². The lowest BCUT2D eigenvalue weighted by atomic mass is 10.1. The minimum atomic E-state index is -0.533. The van der Waals surface area contributed by atoms with Crippen LogP contribution < -0.4 is 5.32 Å². The average molecular weight is 279 g/mol. The largest absolute Gasteiger partial charge is 0.319 e. The van der Waals surface area contributed by atoms with Crippen LogP contribution in [0.2, 0.25) is 0 Å². The highest BCUT2D eigenvalue weighted by molar-refractivity contribution is 5.27. The highest BCUT2D eigenvalue weighted by Crippen LogP contribution is 2.18. The SMILES string of the molecule is CNCCc1c(C)nn(Cc2c(F)cccc2F)c1C. The normalized spacial score (nSPS) is 11.1. The van der Waals surface area contributed by atoms with Gasteiger partial charge in [-0.1, -0.05) is 6.07 Å². The number of benzene rings is 1. The van der Waals surface area contributed by atoms with Gasteiger partial charge in [0.2, 0.25) is 0 Å². The lowest BCUT2D eigenvalue weighted by molar-refractivity contribution is 0.528. The zero-order valence-corrected chi connectivity index (χ0v) is 12.0. The number of halogens is 2. The molecule has 0 unspecified atom stereocenters. The van der Waals surface area contributed by atoms with Crippen LogP contribution >= 0.6 is 0 Å². The van der Waals surface area contributed by atoms with Gasteiger partial charge >= 0.3 is 0 Å². The van der Waals surface area contributed by atoms with Crippen LogP contribution in [0.1, 0.15) is 22.5 Å². The second kappa shape index (κ2) is 6.13. The third kappa shape index (κ3) is 2.88. The molecule has 0 aliphatic carbocycles. The second-order valence-electron chi connectivity index (χ2n) is 4.86. The first-order valence-corrected chi connectivity index (χ1v) is 6.65. The van der Waals surface area contributed by atoms with Gasteiger partial charge in [-0.2, -0.15) is 5.10 Å². The summed E-state index contributed by atoms with van der Waals surface area (Å²) in [6, 6.07) is 3.91. The fourth-order valence-electron chi connectivity index (χ4n) is 2.33. The molecular formula is C15H19F2N3. The highest BCUT2D eigenvalue weighted by Gasteiger charge is 2.15. The molecule has 0 bridgehead atoms. The molecule has 1 heterocycles. The number of likely N-dealkylation sites (N-methyl/N-ethyl adjacent to an activating group) is 1. The maximum absolute atomic E-state index is 13.7. The van der Waals surface area contributed by atoms with Gasteiger partial charge in [0.1, 0.15) is 11.6 Å². The minimum Gasteiger partial charge on any atom is -0.319 e. The van der Waals surface area contributed by atoms with Gasteiger partial charge in [-0.05, 0) is 51.6 Å². The molecule has 0 spiro atoms. The summed E-state index contributed by atoms with van der Waals surface area (Å²) >= 11 is 0. The van der Waals surface area contributed by atoms with Crippen molar-refractivity contribution in [3.8, 4) is 0 Å². The summed E-state index contributed by atoms with van der Waals surface area (Å²) in [5, 5.41) is 7.49. The van der Waals surface area contributed by atoms with E-state index in [0.717, 1.165) is 29.9 Å². The molecule has 20 heavy (non-hydrogen) atoms. The molecule has 0 atom stereocenters. The van der Waals surface area contributed by atoms with Gasteiger partial charge in [0.15, 0.2) is 0 Å². The van der Waals surface area contributed by atoms with Gasteiger partial charge in [-0.15, -0.1) is 0 Å². The number of aryl methyl sites for hydroxylation is 1. The first-order chi connectivity index (χ1) is 9.54. The van der Waals surface area contributed by atoms with E-state index in [2.05, 4.69) is 10.4 Å². The van der Waals surface area contributed by atoms with Crippen molar-refractivity contribution in [1.82, 2.24) is 15.1 Å². The molecule has 0 fully saturated rings. The van der Waals surface area contributed by atoms with Crippen LogP contribution in [0.3, 0.4) is 0 Å². The molecule has 2 rings (SSSR count). The smallest absolute Gasteiger partial charge is 0.131 e. The molecule has 0 radical (unpaired) electrons. The van der Waals surface area contributed by atoms with Gasteiger partial charge in [0, 0.05) is 11.3 Å². The van der Waals surface area contributed by atoms with Crippen LogP contribution in [0.15, 0.2) is 18.2 Å². The number of nitrogens with zero attached hydrogens (tertiary/aromatic N) is 2. The zero-order valence-electron chi connectivity index (χ0n) is 12.0. The van der Waals surface area contributed by atoms with E-state index in [1.807, 2.05) is 20.9 Å². The van der Waals surface area contributed by atoms with E-state index in [4.69, 9.17) is 0 Å². The molecular weight excluding hydrogens is 260 g/mol. The summed E-state index contributed by atoms with van der Waals surface area (Å²) in [6.07, 6.45) is 0.855. The minimum absolute atomic E-state index is 0.0540. The molecule has 0 aliphatic heterocycles. The second-order valence-corrected chi connectivity index (χ2v) is 4.86. The Labute approximate surface area is 117 Å². The summed E-state index contributed by atoms with van der Waals surface area (Å²) < 4.78 is 29.0. The lowest BCUT2D eigenvalue weighted by Gasteiger charge is -2.08. The summed E-state index contributed by atoms with van der Waals surface area (Å²) in [5.74, 6) is -1.07. The fourth-order valence-corrected chi connectivity index (χ4v) is 2.33. The van der Waals surface area contributed by atoms with Crippen LogP contribution in [-0.4, -0.2) is 23.4 Å². The quantitative estimate of drug-likeness (QED) is 0.911. The highest BCUT2D eigenvalue weighted by atomic mass is 19.1. The molecule has 3 nitrogen and oxygen atoms in total. The van der Waals surface area contributed by atoms with Crippen molar-refractivity contribution >= 4 is 0 Å². The average Bonchev–Trinajstić information content (AvgIpc) is 2.67. The number of rotatable bonds is 5. The first-order valence-electron chi connectivity index (χ1n) is 6.65. The molecule has 2 aromatic rings. The van der Waals surface area contributed by atoms with Crippen molar-refractivity contribution in [2.24, 2.45) is 0 Å². The van der Waals surface area contributed by atoms with Gasteiger partial charge in [0.05, 0.1) is 12.2 Å². The van der Waals surface area contributed by atoms with Crippen molar-refractivity contribution in [1.29, 1.82) is 0 Å². The van der Waals surface area contributed by atoms with Crippen molar-refractivity contribution in [3.63, 3.8) is 0 Å². The third-order valence-electron chi connectivity index (χ3n) is 3.53. The predicted octanol–water partition coefficient (Wildman–Crippen LogP) is 2.59. The Morgan fingerprint density at radius 2 is 1.80 bits per heavy atom. The first kappa shape index (κ1) is 14.7. The van der Waals surface area contributed by atoms with Crippen molar-refractivity contribution in [2.45, 2.75) is 26.8 Å². The molecule has 1 N–H and O–H groups in total. The van der Waals surface area contributed by atoms with Crippen LogP contribution in [0.5, 0.6) is 0 Å². The topological polar surface area (TPSA) is 29.9 Å². The van der Waals surface area contributed by atoms with E-state index in [-0.39, 0.29) is 12.1 Å². The lowest BCUT2D eigenvalue weighted by Crippen LogP contribution is -2.12. The van der Waals surface area contributed by atoms with Gasteiger partial charge < -0.3 is 5.32 Å². The molecule has 0 amide bonds. The summed E-state index contributed by atoms with van der Waals surface area (Å²) in [7, 11) is 1.89. The summed E-state index contributed by atoms with van der Waals surface area (Å²) in [4.78, 5) is 0. The molecule has 108 valence electrons. The number of aromatic nitrogens is 2. The number of hydrogen-bond acceptors (Lipinski definition) is 2. The van der Waals surface area contributed by atoms with E-state index in [1.54, 1.807) is 4.68 Å². The van der Waals surface area contributed by atoms with Crippen molar-refractivity contribution in [2.75, 3.05) is 13.6 Å². The molecule has 1 aromatic carbocycles. The third-order valence-corrected chi connectivity index (χ3v) is 3.53. The van der Waals surface area contributed by atoms with Gasteiger partial charge in [0.25, 0.3) is 0 Å². The van der Waals surface area contributed by atoms with Crippen molar-refractivity contribution < 1.29 is 8.78 Å². The monoisotopic (exact) mass is 279 g/mol. The van der Waals surface area contributed by atoms with Crippen LogP contribution in [0.4, 0.5) is 8.78 Å². The Bertz CT molecular complexity index is 585. The Morgan fingerprint density at radius 1 is 1.15 bits per heavy atom. The molecule has 1 aromatic heterocycles. The van der Waals surface area contributed by atoms with Gasteiger partial charge in [-0.25, -0.2) is 8.78 Å². The van der Waals surface area contributed by atoms with Crippen LogP contribution in [-0.2, 0) is 13.0 Å². The van der Waals surface area contributed by atoms with Crippen LogP contribution in [0, 0.1) is 25.5 Å². The fraction of sp³-hybridized carbons (Fsp3) is 0.400. The summed E-state index contributed by atoms with van der Waals surface area (Å²) in [6.45, 7) is 4.82. The molecule has 0 saturated carbocycles. The number of hydrogen-bond donors (Lipinski definition) is 1. The standard InChI is InChI=1S/C15H19F2N3/c1-10-12(7-8-18-3)11(2)20(19-10)9-13-14(16)5-4-6-15(13)17/h4-6,18H,7-9H2,1-3H3. The molecule has 5 heteroatoms. The zero-order chi connectivity index (χ0) is 14.7. The Kier molecular flexibility index (Phi) is 4.49. The van der Waals surface area contributed by atoms with Crippen LogP contribution in [0.25, 0.3) is 0 Å². The predicted molar refractivity (Wildman–Crippen MR) is 74.8 cm³/mol. The van der Waals surface area contributed by atoms with E-state index < -0.39 is 11.6 Å². The van der Waals surface area contributed by atoms with E-state index >= 15 is 0 Å². The Hall–Kier alpha value is -1.75. The Morgan fingerprint density at radius 3 is 2.40 bits per heavy atom. The maximum Gasteiger partial charge on any atom is 0.131 e. The van der Waals surface area contributed by atoms with Crippen molar-refractivity contribution in [3.05, 3.63) is 52.3 Å². The maximum atomic E-state index is 13.7.